The van der Waals surface area contributed by atoms with Gasteiger partial charge in [0.05, 0.1) is 23.1 Å². The zero-order chi connectivity index (χ0) is 17.7. The smallest absolute Gasteiger partial charge is 0.233 e. The largest absolute Gasteiger partial charge is 0.286 e. The van der Waals surface area contributed by atoms with Gasteiger partial charge in [-0.2, -0.15) is 0 Å². The van der Waals surface area contributed by atoms with E-state index < -0.39 is 15.9 Å². The molecule has 0 aliphatic carbocycles. The van der Waals surface area contributed by atoms with Crippen molar-refractivity contribution in [2.75, 3.05) is 5.75 Å². The van der Waals surface area contributed by atoms with Crippen molar-refractivity contribution < 1.29 is 18.4 Å². The van der Waals surface area contributed by atoms with E-state index >= 15 is 0 Å². The van der Waals surface area contributed by atoms with Crippen LogP contribution in [0.25, 0.3) is 10.9 Å². The fourth-order valence-corrected chi connectivity index (χ4v) is 4.34. The Morgan fingerprint density at radius 2 is 2.00 bits per heavy atom. The highest BCUT2D eigenvalue weighted by molar-refractivity contribution is 7.90. The summed E-state index contributed by atoms with van der Waals surface area (Å²) in [6.07, 6.45) is 2.21. The number of benzene rings is 1. The Bertz CT molecular complexity index is 805. The van der Waals surface area contributed by atoms with Crippen molar-refractivity contribution in [2.24, 2.45) is 5.92 Å². The van der Waals surface area contributed by atoms with Gasteiger partial charge in [0.25, 0.3) is 0 Å². The van der Waals surface area contributed by atoms with Gasteiger partial charge in [0.1, 0.15) is 0 Å². The molecule has 1 aromatic heterocycles. The molecule has 0 saturated carbocycles. The lowest BCUT2D eigenvalue weighted by molar-refractivity contribution is -0.159. The molecule has 0 aliphatic rings. The van der Waals surface area contributed by atoms with Crippen LogP contribution in [-0.2, 0) is 20.4 Å². The first-order valence-corrected chi connectivity index (χ1v) is 9.59. The van der Waals surface area contributed by atoms with E-state index in [9.17, 15) is 18.4 Å². The quantitative estimate of drug-likeness (QED) is 0.449. The van der Waals surface area contributed by atoms with E-state index in [0.717, 1.165) is 10.9 Å². The van der Waals surface area contributed by atoms with Crippen LogP contribution in [-0.4, -0.2) is 41.9 Å². The first-order chi connectivity index (χ1) is 11.3. The van der Waals surface area contributed by atoms with Crippen LogP contribution < -0.4 is 0 Å². The lowest BCUT2D eigenvalue weighted by atomic mass is 10.1. The third-order valence-electron chi connectivity index (χ3n) is 3.71. The second kappa shape index (κ2) is 7.72. The molecule has 2 rings (SSSR count). The van der Waals surface area contributed by atoms with Gasteiger partial charge in [0, 0.05) is 11.6 Å². The SMILES string of the molecule is CC(C)CC(CS(=O)(=O)Cc1cnc2ccccc2c1)N(O)C=O. The number of carbonyl (C=O) groups is 1. The minimum Gasteiger partial charge on any atom is -0.286 e. The van der Waals surface area contributed by atoms with Crippen LogP contribution in [0.15, 0.2) is 36.5 Å². The van der Waals surface area contributed by atoms with Gasteiger partial charge in [-0.05, 0) is 30.0 Å². The van der Waals surface area contributed by atoms with Crippen molar-refractivity contribution in [2.45, 2.75) is 32.1 Å². The second-order valence-electron chi connectivity index (χ2n) is 6.36. The molecule has 1 atom stereocenters. The molecule has 24 heavy (non-hydrogen) atoms. The number of para-hydroxylation sites is 1. The third-order valence-corrected chi connectivity index (χ3v) is 5.37. The van der Waals surface area contributed by atoms with E-state index in [1.54, 1.807) is 12.3 Å². The van der Waals surface area contributed by atoms with Gasteiger partial charge in [-0.15, -0.1) is 0 Å². The van der Waals surface area contributed by atoms with E-state index in [4.69, 9.17) is 0 Å². The van der Waals surface area contributed by atoms with Crippen LogP contribution in [0, 0.1) is 5.92 Å². The highest BCUT2D eigenvalue weighted by Gasteiger charge is 2.25. The zero-order valence-corrected chi connectivity index (χ0v) is 14.6. The minimum atomic E-state index is -3.50. The van der Waals surface area contributed by atoms with Crippen molar-refractivity contribution in [3.8, 4) is 0 Å². The highest BCUT2D eigenvalue weighted by Crippen LogP contribution is 2.17. The molecular formula is C17H22N2O4S. The Kier molecular flexibility index (Phi) is 5.90. The monoisotopic (exact) mass is 350 g/mol. The Hall–Kier alpha value is -1.99. The number of carbonyl (C=O) groups excluding carboxylic acids is 1. The average Bonchev–Trinajstić information content (AvgIpc) is 2.52. The molecule has 0 fully saturated rings. The van der Waals surface area contributed by atoms with Gasteiger partial charge >= 0.3 is 0 Å². The number of fused-ring (bicyclic) bond motifs is 1. The topological polar surface area (TPSA) is 87.6 Å². The van der Waals surface area contributed by atoms with E-state index in [-0.39, 0.29) is 23.8 Å². The van der Waals surface area contributed by atoms with Gasteiger partial charge in [-0.25, -0.2) is 13.5 Å². The van der Waals surface area contributed by atoms with Crippen LogP contribution in [0.5, 0.6) is 0 Å². The number of hydroxylamine groups is 2. The number of rotatable bonds is 8. The van der Waals surface area contributed by atoms with Gasteiger partial charge in [-0.1, -0.05) is 32.0 Å². The van der Waals surface area contributed by atoms with Gasteiger partial charge in [0.2, 0.25) is 6.41 Å². The fourth-order valence-electron chi connectivity index (χ4n) is 2.68. The number of hydrogen-bond acceptors (Lipinski definition) is 5. The van der Waals surface area contributed by atoms with Gasteiger partial charge < -0.3 is 0 Å². The molecule has 1 N–H and O–H groups in total. The molecule has 0 spiro atoms. The van der Waals surface area contributed by atoms with Gasteiger partial charge in [0.15, 0.2) is 9.84 Å². The molecule has 6 nitrogen and oxygen atoms in total. The van der Waals surface area contributed by atoms with Crippen LogP contribution in [0.3, 0.4) is 0 Å². The standard InChI is InChI=1S/C17H22N2O4S/c1-13(2)7-16(19(21)12-20)11-24(22,23)10-14-8-15-5-3-4-6-17(15)18-9-14/h3-6,8-9,12-13,16,21H,7,10-11H2,1-2H3. The molecule has 2 aromatic rings. The van der Waals surface area contributed by atoms with Crippen LogP contribution >= 0.6 is 0 Å². The van der Waals surface area contributed by atoms with Crippen molar-refractivity contribution in [3.63, 3.8) is 0 Å². The van der Waals surface area contributed by atoms with Crippen LogP contribution in [0.1, 0.15) is 25.8 Å². The normalized spacial score (nSPS) is 13.2. The van der Waals surface area contributed by atoms with E-state index in [1.165, 1.54) is 0 Å². The summed E-state index contributed by atoms with van der Waals surface area (Å²) >= 11 is 0. The molecule has 0 radical (unpaired) electrons. The first kappa shape index (κ1) is 18.4. The summed E-state index contributed by atoms with van der Waals surface area (Å²) in [5.41, 5.74) is 1.39. The maximum atomic E-state index is 12.5. The summed E-state index contributed by atoms with van der Waals surface area (Å²) in [4.78, 5) is 15.1. The van der Waals surface area contributed by atoms with Crippen molar-refractivity contribution in [1.29, 1.82) is 0 Å². The van der Waals surface area contributed by atoms with E-state index in [1.807, 2.05) is 38.1 Å². The molecule has 0 saturated heterocycles. The van der Waals surface area contributed by atoms with E-state index in [0.29, 0.717) is 17.0 Å². The van der Waals surface area contributed by atoms with Gasteiger partial charge in [-0.3, -0.25) is 15.0 Å². The molecule has 0 aliphatic heterocycles. The summed E-state index contributed by atoms with van der Waals surface area (Å²) in [5, 5.41) is 11.0. The van der Waals surface area contributed by atoms with Crippen LogP contribution in [0.4, 0.5) is 0 Å². The van der Waals surface area contributed by atoms with Crippen LogP contribution in [0.2, 0.25) is 0 Å². The maximum Gasteiger partial charge on any atom is 0.233 e. The Balaban J connectivity index is 2.17. The van der Waals surface area contributed by atoms with E-state index in [2.05, 4.69) is 4.98 Å². The Morgan fingerprint density at radius 3 is 2.67 bits per heavy atom. The minimum absolute atomic E-state index is 0.155. The summed E-state index contributed by atoms with van der Waals surface area (Å²) in [7, 11) is -3.50. The summed E-state index contributed by atoms with van der Waals surface area (Å²) < 4.78 is 24.9. The summed E-state index contributed by atoms with van der Waals surface area (Å²) in [6.45, 7) is 3.82. The average molecular weight is 350 g/mol. The lowest BCUT2D eigenvalue weighted by Crippen LogP contribution is -2.38. The Morgan fingerprint density at radius 1 is 1.29 bits per heavy atom. The molecule has 0 bridgehead atoms. The zero-order valence-electron chi connectivity index (χ0n) is 13.8. The van der Waals surface area contributed by atoms with Crippen molar-refractivity contribution >= 4 is 27.2 Å². The molecule has 1 aromatic carbocycles. The van der Waals surface area contributed by atoms with Crippen molar-refractivity contribution in [3.05, 3.63) is 42.1 Å². The second-order valence-corrected chi connectivity index (χ2v) is 8.47. The summed E-state index contributed by atoms with van der Waals surface area (Å²) in [6, 6.07) is 8.53. The molecule has 1 unspecified atom stereocenters. The highest BCUT2D eigenvalue weighted by atomic mass is 32.2. The summed E-state index contributed by atoms with van der Waals surface area (Å²) in [5.74, 6) is -0.304. The molecule has 130 valence electrons. The molecule has 7 heteroatoms. The number of sulfone groups is 1. The number of amides is 1. The number of nitrogens with zero attached hydrogens (tertiary/aromatic N) is 2. The fraction of sp³-hybridized carbons (Fsp3) is 0.412. The molecule has 1 amide bonds. The lowest BCUT2D eigenvalue weighted by Gasteiger charge is -2.24. The number of pyridine rings is 1. The molecule has 1 heterocycles. The molecular weight excluding hydrogens is 328 g/mol. The first-order valence-electron chi connectivity index (χ1n) is 7.77. The Labute approximate surface area is 142 Å². The number of aromatic nitrogens is 1. The number of hydrogen-bond donors (Lipinski definition) is 1. The predicted octanol–water partition coefficient (Wildman–Crippen LogP) is 2.41. The third kappa shape index (κ3) is 5.01. The maximum absolute atomic E-state index is 12.5. The predicted molar refractivity (Wildman–Crippen MR) is 92.2 cm³/mol. The van der Waals surface area contributed by atoms with Crippen molar-refractivity contribution in [1.82, 2.24) is 10.0 Å².